The number of amides is 2. The molecule has 1 aliphatic carbocycles. The van der Waals surface area contributed by atoms with Gasteiger partial charge in [0.1, 0.15) is 0 Å². The molecule has 0 unspecified atom stereocenters. The Kier molecular flexibility index (Phi) is 2.97. The van der Waals surface area contributed by atoms with Crippen molar-refractivity contribution in [2.24, 2.45) is 0 Å². The van der Waals surface area contributed by atoms with Gasteiger partial charge in [-0.3, -0.25) is 14.5 Å². The van der Waals surface area contributed by atoms with E-state index in [1.54, 1.807) is 0 Å². The number of hydrogen-bond donors (Lipinski definition) is 0. The number of nitrogens with zero attached hydrogens (tertiary/aromatic N) is 1. The van der Waals surface area contributed by atoms with E-state index >= 15 is 0 Å². The molecule has 1 heterocycles. The zero-order chi connectivity index (χ0) is 13.4. The molecule has 0 fully saturated rings. The zero-order valence-electron chi connectivity index (χ0n) is 11.1. The second-order valence-corrected chi connectivity index (χ2v) is 5.22. The van der Waals surface area contributed by atoms with Gasteiger partial charge >= 0.3 is 0 Å². The van der Waals surface area contributed by atoms with Gasteiger partial charge in [0.15, 0.2) is 0 Å². The standard InChI is InChI=1S/C16H17NO2/c1-2-3-11-4-5-12-6-7-14(13(12)10-11)17-15(18)8-9-16(17)19/h4-5,8-10,14H,2-3,6-7H2,1H3/t14-/m0/s1. The van der Waals surface area contributed by atoms with Crippen LogP contribution in [0.4, 0.5) is 0 Å². The molecule has 3 rings (SSSR count). The number of carbonyl (C=O) groups is 2. The molecule has 0 radical (unpaired) electrons. The van der Waals surface area contributed by atoms with Crippen LogP contribution in [0.3, 0.4) is 0 Å². The lowest BCUT2D eigenvalue weighted by atomic mass is 10.0. The van der Waals surface area contributed by atoms with E-state index in [0.29, 0.717) is 0 Å². The van der Waals surface area contributed by atoms with Crippen LogP contribution in [0.25, 0.3) is 0 Å². The Morgan fingerprint density at radius 2 is 1.95 bits per heavy atom. The summed E-state index contributed by atoms with van der Waals surface area (Å²) in [6.07, 6.45) is 6.69. The van der Waals surface area contributed by atoms with Crippen molar-refractivity contribution in [3.05, 3.63) is 47.0 Å². The van der Waals surface area contributed by atoms with Crippen LogP contribution in [0.2, 0.25) is 0 Å². The van der Waals surface area contributed by atoms with Crippen molar-refractivity contribution < 1.29 is 9.59 Å². The largest absolute Gasteiger partial charge is 0.269 e. The monoisotopic (exact) mass is 255 g/mol. The van der Waals surface area contributed by atoms with Gasteiger partial charge in [0.05, 0.1) is 6.04 Å². The van der Waals surface area contributed by atoms with Gasteiger partial charge in [-0.05, 0) is 36.0 Å². The van der Waals surface area contributed by atoms with E-state index in [-0.39, 0.29) is 17.9 Å². The maximum absolute atomic E-state index is 11.8. The van der Waals surface area contributed by atoms with Crippen LogP contribution in [0, 0.1) is 0 Å². The number of fused-ring (bicyclic) bond motifs is 1. The highest BCUT2D eigenvalue weighted by Crippen LogP contribution is 2.37. The first kappa shape index (κ1) is 12.2. The molecule has 98 valence electrons. The van der Waals surface area contributed by atoms with E-state index in [1.807, 2.05) is 0 Å². The van der Waals surface area contributed by atoms with E-state index in [9.17, 15) is 9.59 Å². The van der Waals surface area contributed by atoms with Crippen LogP contribution in [0.15, 0.2) is 30.4 Å². The van der Waals surface area contributed by atoms with Gasteiger partial charge in [-0.15, -0.1) is 0 Å². The fourth-order valence-corrected chi connectivity index (χ4v) is 3.06. The van der Waals surface area contributed by atoms with Gasteiger partial charge < -0.3 is 0 Å². The highest BCUT2D eigenvalue weighted by molar-refractivity contribution is 6.13. The number of hydrogen-bond acceptors (Lipinski definition) is 2. The van der Waals surface area contributed by atoms with Crippen molar-refractivity contribution in [3.63, 3.8) is 0 Å². The minimum absolute atomic E-state index is 0.0678. The number of benzene rings is 1. The predicted molar refractivity (Wildman–Crippen MR) is 72.5 cm³/mol. The van der Waals surface area contributed by atoms with Crippen LogP contribution in [0.1, 0.15) is 42.5 Å². The average molecular weight is 255 g/mol. The Labute approximate surface area is 112 Å². The number of imide groups is 1. The minimum Gasteiger partial charge on any atom is -0.269 e. The fourth-order valence-electron chi connectivity index (χ4n) is 3.06. The SMILES string of the molecule is CCCc1ccc2c(c1)[C@@H](N1C(=O)C=CC1=O)CC2. The smallest absolute Gasteiger partial charge is 0.254 e. The van der Waals surface area contributed by atoms with Gasteiger partial charge in [0, 0.05) is 12.2 Å². The quantitative estimate of drug-likeness (QED) is 0.778. The van der Waals surface area contributed by atoms with Gasteiger partial charge in [-0.2, -0.15) is 0 Å². The lowest BCUT2D eigenvalue weighted by Crippen LogP contribution is -2.33. The van der Waals surface area contributed by atoms with Gasteiger partial charge in [-0.1, -0.05) is 31.5 Å². The molecular weight excluding hydrogens is 238 g/mol. The van der Waals surface area contributed by atoms with Crippen LogP contribution in [-0.4, -0.2) is 16.7 Å². The topological polar surface area (TPSA) is 37.4 Å². The first-order chi connectivity index (χ1) is 9.20. The third-order valence-corrected chi connectivity index (χ3v) is 3.95. The number of rotatable bonds is 3. The van der Waals surface area contributed by atoms with Crippen molar-refractivity contribution in [3.8, 4) is 0 Å². The summed E-state index contributed by atoms with van der Waals surface area (Å²) in [6.45, 7) is 2.15. The maximum atomic E-state index is 11.8. The first-order valence-corrected chi connectivity index (χ1v) is 6.87. The van der Waals surface area contributed by atoms with Crippen LogP contribution in [-0.2, 0) is 22.4 Å². The Morgan fingerprint density at radius 3 is 2.63 bits per heavy atom. The third-order valence-electron chi connectivity index (χ3n) is 3.95. The maximum Gasteiger partial charge on any atom is 0.254 e. The van der Waals surface area contributed by atoms with E-state index in [2.05, 4.69) is 25.1 Å². The Balaban J connectivity index is 1.94. The van der Waals surface area contributed by atoms with E-state index in [1.165, 1.54) is 28.2 Å². The number of aryl methyl sites for hydroxylation is 2. The minimum atomic E-state index is -0.177. The molecule has 1 aliphatic heterocycles. The van der Waals surface area contributed by atoms with Crippen molar-refractivity contribution in [1.29, 1.82) is 0 Å². The summed E-state index contributed by atoms with van der Waals surface area (Å²) in [5, 5.41) is 0. The van der Waals surface area contributed by atoms with E-state index in [4.69, 9.17) is 0 Å². The summed E-state index contributed by atoms with van der Waals surface area (Å²) < 4.78 is 0. The molecule has 0 aromatic heterocycles. The first-order valence-electron chi connectivity index (χ1n) is 6.87. The lowest BCUT2D eigenvalue weighted by Gasteiger charge is -2.23. The summed E-state index contributed by atoms with van der Waals surface area (Å²) in [6, 6.07) is 6.42. The molecule has 19 heavy (non-hydrogen) atoms. The molecule has 0 saturated carbocycles. The highest BCUT2D eigenvalue weighted by Gasteiger charge is 2.36. The zero-order valence-corrected chi connectivity index (χ0v) is 11.1. The summed E-state index contributed by atoms with van der Waals surface area (Å²) in [5.41, 5.74) is 3.73. The van der Waals surface area contributed by atoms with Crippen molar-refractivity contribution in [2.75, 3.05) is 0 Å². The molecule has 3 heteroatoms. The molecule has 2 amide bonds. The Morgan fingerprint density at radius 1 is 1.21 bits per heavy atom. The predicted octanol–water partition coefficient (Wildman–Crippen LogP) is 2.55. The molecular formula is C16H17NO2. The molecule has 2 aliphatic rings. The Hall–Kier alpha value is -1.90. The van der Waals surface area contributed by atoms with Crippen LogP contribution in [0.5, 0.6) is 0 Å². The fraction of sp³-hybridized carbons (Fsp3) is 0.375. The van der Waals surface area contributed by atoms with Gasteiger partial charge in [0.25, 0.3) is 11.8 Å². The summed E-state index contributed by atoms with van der Waals surface area (Å²) >= 11 is 0. The normalized spacial score (nSPS) is 21.3. The van der Waals surface area contributed by atoms with E-state index in [0.717, 1.165) is 31.2 Å². The molecule has 0 bridgehead atoms. The summed E-state index contributed by atoms with van der Waals surface area (Å²) in [7, 11) is 0. The third kappa shape index (κ3) is 1.99. The van der Waals surface area contributed by atoms with Crippen molar-refractivity contribution >= 4 is 11.8 Å². The van der Waals surface area contributed by atoms with Crippen LogP contribution < -0.4 is 0 Å². The Bertz CT molecular complexity index is 556. The van der Waals surface area contributed by atoms with E-state index < -0.39 is 0 Å². The van der Waals surface area contributed by atoms with Crippen molar-refractivity contribution in [1.82, 2.24) is 4.90 Å². The lowest BCUT2D eigenvalue weighted by molar-refractivity contribution is -0.139. The highest BCUT2D eigenvalue weighted by atomic mass is 16.2. The molecule has 1 aromatic rings. The molecule has 0 spiro atoms. The molecule has 1 aromatic carbocycles. The molecule has 0 N–H and O–H groups in total. The van der Waals surface area contributed by atoms with Crippen LogP contribution >= 0.6 is 0 Å². The van der Waals surface area contributed by atoms with Gasteiger partial charge in [-0.25, -0.2) is 0 Å². The summed E-state index contributed by atoms with van der Waals surface area (Å²) in [5.74, 6) is -0.354. The summed E-state index contributed by atoms with van der Waals surface area (Å²) in [4.78, 5) is 25.0. The average Bonchev–Trinajstić information content (AvgIpc) is 2.94. The molecule has 0 saturated heterocycles. The number of carbonyl (C=O) groups excluding carboxylic acids is 2. The molecule has 3 nitrogen and oxygen atoms in total. The van der Waals surface area contributed by atoms with Crippen molar-refractivity contribution in [2.45, 2.75) is 38.6 Å². The second-order valence-electron chi connectivity index (χ2n) is 5.22. The second kappa shape index (κ2) is 4.65. The molecule has 1 atom stereocenters. The van der Waals surface area contributed by atoms with Gasteiger partial charge in [0.2, 0.25) is 0 Å².